The minimum Gasteiger partial charge on any atom is -0.492 e. The van der Waals surface area contributed by atoms with Crippen LogP contribution in [0.25, 0.3) is 0 Å². The molecular formula is C41H53N3O9. The van der Waals surface area contributed by atoms with Gasteiger partial charge in [0.05, 0.1) is 44.5 Å². The number of nitrogens with zero attached hydrogens (tertiary/aromatic N) is 1. The van der Waals surface area contributed by atoms with Gasteiger partial charge in [0, 0.05) is 25.7 Å². The zero-order valence-electron chi connectivity index (χ0n) is 30.7. The summed E-state index contributed by atoms with van der Waals surface area (Å²) in [6.45, 7) is 9.25. The lowest BCUT2D eigenvalue weighted by molar-refractivity contribution is -0.124. The van der Waals surface area contributed by atoms with Crippen molar-refractivity contribution in [3.8, 4) is 11.5 Å². The Balaban J connectivity index is 1.07. The summed E-state index contributed by atoms with van der Waals surface area (Å²) in [7, 11) is 0. The van der Waals surface area contributed by atoms with Crippen LogP contribution in [0.1, 0.15) is 35.1 Å². The lowest BCUT2D eigenvalue weighted by Gasteiger charge is -2.29. The Labute approximate surface area is 312 Å². The zero-order valence-corrected chi connectivity index (χ0v) is 30.7. The number of hydrogen-bond acceptors (Lipinski definition) is 10. The highest BCUT2D eigenvalue weighted by Crippen LogP contribution is 2.33. The van der Waals surface area contributed by atoms with Gasteiger partial charge in [0.2, 0.25) is 0 Å². The predicted molar refractivity (Wildman–Crippen MR) is 198 cm³/mol. The molecule has 0 saturated carbocycles. The fraction of sp³-hybridized carbons (Fsp3) is 0.512. The van der Waals surface area contributed by atoms with Gasteiger partial charge in [-0.3, -0.25) is 9.69 Å². The molecule has 2 amide bonds. The number of morpholine rings is 1. The van der Waals surface area contributed by atoms with Gasteiger partial charge in [-0.1, -0.05) is 60.7 Å². The van der Waals surface area contributed by atoms with Crippen LogP contribution < -0.4 is 20.1 Å². The van der Waals surface area contributed by atoms with Crippen LogP contribution in [-0.4, -0.2) is 112 Å². The first-order chi connectivity index (χ1) is 25.8. The average molecular weight is 732 g/mol. The molecule has 3 aliphatic rings. The van der Waals surface area contributed by atoms with Crippen LogP contribution in [0.15, 0.2) is 72.8 Å². The third-order valence-electron chi connectivity index (χ3n) is 10.1. The highest BCUT2D eigenvalue weighted by Gasteiger charge is 2.44. The quantitative estimate of drug-likeness (QED) is 0.187. The summed E-state index contributed by atoms with van der Waals surface area (Å²) >= 11 is 0. The molecular weight excluding hydrogens is 678 g/mol. The van der Waals surface area contributed by atoms with E-state index in [0.29, 0.717) is 31.8 Å². The van der Waals surface area contributed by atoms with E-state index in [9.17, 15) is 14.7 Å². The van der Waals surface area contributed by atoms with Gasteiger partial charge in [0.25, 0.3) is 5.91 Å². The molecule has 3 heterocycles. The molecule has 3 aliphatic heterocycles. The molecule has 286 valence electrons. The molecule has 0 aromatic heterocycles. The molecule has 12 nitrogen and oxygen atoms in total. The number of fused-ring (bicyclic) bond motifs is 1. The monoisotopic (exact) mass is 731 g/mol. The molecule has 0 spiro atoms. The largest absolute Gasteiger partial charge is 0.492 e. The van der Waals surface area contributed by atoms with Crippen LogP contribution in [0, 0.1) is 19.8 Å². The molecule has 0 aliphatic carbocycles. The number of amides is 2. The summed E-state index contributed by atoms with van der Waals surface area (Å²) in [6.07, 6.45) is -0.615. The number of aliphatic hydroxyl groups is 1. The lowest BCUT2D eigenvalue weighted by atomic mass is 9.93. The number of benzene rings is 3. The summed E-state index contributed by atoms with van der Waals surface area (Å²) < 4.78 is 34.5. The van der Waals surface area contributed by atoms with E-state index in [-0.39, 0.29) is 37.7 Å². The van der Waals surface area contributed by atoms with Gasteiger partial charge in [-0.25, -0.2) is 4.79 Å². The zero-order chi connectivity index (χ0) is 37.0. The normalized spacial score (nSPS) is 21.6. The molecule has 0 unspecified atom stereocenters. The maximum Gasteiger partial charge on any atom is 0.407 e. The van der Waals surface area contributed by atoms with Crippen LogP contribution in [0.3, 0.4) is 0 Å². The molecule has 3 N–H and O–H groups in total. The molecule has 3 aromatic carbocycles. The van der Waals surface area contributed by atoms with Gasteiger partial charge in [-0.2, -0.15) is 0 Å². The molecule has 53 heavy (non-hydrogen) atoms. The molecule has 0 bridgehead atoms. The standard InChI is InChI=1S/C41H53N3O9/c1-28-21-33(49-20-16-44-14-18-48-19-15-44)22-29(2)39(28)51-27-38(46)42-32(23-30-9-5-3-6-10-30)25-36(45)35(24-31-11-7-4-8-12-31)43-41(47)53-37-26-52-40-34(37)13-17-50-40/h3-12,21-22,32,34-37,40,45H,13-20,23-27H2,1-2H3,(H,42,46)(H,43,47)/t32-,34-,35-,36-,37-,40+/m0/s1. The molecule has 3 saturated heterocycles. The van der Waals surface area contributed by atoms with E-state index in [1.807, 2.05) is 86.6 Å². The smallest absolute Gasteiger partial charge is 0.407 e. The van der Waals surface area contributed by atoms with Crippen molar-refractivity contribution >= 4 is 12.0 Å². The van der Waals surface area contributed by atoms with Gasteiger partial charge in [0.1, 0.15) is 24.2 Å². The van der Waals surface area contributed by atoms with E-state index in [2.05, 4.69) is 15.5 Å². The van der Waals surface area contributed by atoms with E-state index in [0.717, 1.165) is 67.3 Å². The maximum absolute atomic E-state index is 13.4. The summed E-state index contributed by atoms with van der Waals surface area (Å²) in [4.78, 5) is 29.0. The Bertz CT molecular complexity index is 1580. The van der Waals surface area contributed by atoms with Crippen LogP contribution in [0.4, 0.5) is 4.79 Å². The third-order valence-corrected chi connectivity index (χ3v) is 10.1. The number of nitrogens with one attached hydrogen (secondary N) is 2. The predicted octanol–water partition coefficient (Wildman–Crippen LogP) is 3.97. The molecule has 0 radical (unpaired) electrons. The van der Waals surface area contributed by atoms with Gasteiger partial charge in [-0.05, 0) is 73.9 Å². The number of carbonyl (C=O) groups is 2. The minimum atomic E-state index is -1.01. The number of hydrogen-bond donors (Lipinski definition) is 3. The van der Waals surface area contributed by atoms with Crippen molar-refractivity contribution in [3.63, 3.8) is 0 Å². The van der Waals surface area contributed by atoms with Crippen LogP contribution in [-0.2, 0) is 36.6 Å². The number of rotatable bonds is 17. The topological polar surface area (TPSA) is 137 Å². The van der Waals surface area contributed by atoms with Crippen molar-refractivity contribution in [1.29, 1.82) is 0 Å². The van der Waals surface area contributed by atoms with E-state index in [1.54, 1.807) is 0 Å². The maximum atomic E-state index is 13.4. The first-order valence-corrected chi connectivity index (χ1v) is 18.7. The molecule has 3 fully saturated rings. The molecule has 3 aromatic rings. The minimum absolute atomic E-state index is 0.00431. The second-order valence-corrected chi connectivity index (χ2v) is 14.1. The van der Waals surface area contributed by atoms with Crippen molar-refractivity contribution in [2.45, 2.75) is 70.1 Å². The number of aryl methyl sites for hydroxylation is 2. The van der Waals surface area contributed by atoms with Gasteiger partial charge < -0.3 is 44.2 Å². The van der Waals surface area contributed by atoms with Crippen molar-refractivity contribution in [1.82, 2.24) is 15.5 Å². The number of carbonyl (C=O) groups excluding carboxylic acids is 2. The van der Waals surface area contributed by atoms with E-state index < -0.39 is 30.4 Å². The first-order valence-electron chi connectivity index (χ1n) is 18.7. The van der Waals surface area contributed by atoms with Crippen molar-refractivity contribution in [3.05, 3.63) is 95.1 Å². The molecule has 6 rings (SSSR count). The Hall–Kier alpha value is -4.20. The Morgan fingerprint density at radius 3 is 2.26 bits per heavy atom. The van der Waals surface area contributed by atoms with Crippen LogP contribution in [0.2, 0.25) is 0 Å². The second kappa shape index (κ2) is 19.2. The van der Waals surface area contributed by atoms with Crippen molar-refractivity contribution < 1.29 is 43.1 Å². The Morgan fingerprint density at radius 2 is 1.57 bits per heavy atom. The second-order valence-electron chi connectivity index (χ2n) is 14.1. The lowest BCUT2D eigenvalue weighted by Crippen LogP contribution is -2.50. The third kappa shape index (κ3) is 11.4. The Morgan fingerprint density at radius 1 is 0.887 bits per heavy atom. The molecule has 12 heteroatoms. The average Bonchev–Trinajstić information content (AvgIpc) is 3.77. The van der Waals surface area contributed by atoms with Crippen LogP contribution >= 0.6 is 0 Å². The van der Waals surface area contributed by atoms with Crippen molar-refractivity contribution in [2.75, 3.05) is 59.3 Å². The summed E-state index contributed by atoms with van der Waals surface area (Å²) in [5, 5.41) is 17.7. The van der Waals surface area contributed by atoms with Gasteiger partial charge >= 0.3 is 6.09 Å². The summed E-state index contributed by atoms with van der Waals surface area (Å²) in [6, 6.07) is 22.2. The van der Waals surface area contributed by atoms with E-state index in [4.69, 9.17) is 28.4 Å². The Kier molecular flexibility index (Phi) is 14.0. The summed E-state index contributed by atoms with van der Waals surface area (Å²) in [5.74, 6) is 1.08. The highest BCUT2D eigenvalue weighted by molar-refractivity contribution is 5.78. The SMILES string of the molecule is Cc1cc(OCCN2CCOCC2)cc(C)c1OCC(=O)N[C@@H](Cc1ccccc1)C[C@H](O)[C@H](Cc1ccccc1)NC(=O)O[C@H]1CO[C@H]2OCC[C@H]21. The van der Waals surface area contributed by atoms with E-state index >= 15 is 0 Å². The highest BCUT2D eigenvalue weighted by atomic mass is 16.7. The number of alkyl carbamates (subject to hydrolysis) is 1. The fourth-order valence-electron chi connectivity index (χ4n) is 7.32. The van der Waals surface area contributed by atoms with Crippen molar-refractivity contribution in [2.24, 2.45) is 5.92 Å². The van der Waals surface area contributed by atoms with Gasteiger partial charge in [0.15, 0.2) is 12.9 Å². The van der Waals surface area contributed by atoms with Gasteiger partial charge in [-0.15, -0.1) is 0 Å². The fourth-order valence-corrected chi connectivity index (χ4v) is 7.32. The first kappa shape index (κ1) is 38.5. The van der Waals surface area contributed by atoms with Crippen LogP contribution in [0.5, 0.6) is 11.5 Å². The van der Waals surface area contributed by atoms with E-state index in [1.165, 1.54) is 0 Å². The number of ether oxygens (including phenoxy) is 6. The number of aliphatic hydroxyl groups excluding tert-OH is 1. The molecule has 6 atom stereocenters. The summed E-state index contributed by atoms with van der Waals surface area (Å²) in [5.41, 5.74) is 3.69.